The highest BCUT2D eigenvalue weighted by Gasteiger charge is 2.36. The minimum atomic E-state index is -0.541. The van der Waals surface area contributed by atoms with Crippen molar-refractivity contribution in [1.29, 1.82) is 0 Å². The van der Waals surface area contributed by atoms with Crippen LogP contribution in [0.25, 0.3) is 6.08 Å². The van der Waals surface area contributed by atoms with E-state index in [4.69, 9.17) is 19.9 Å². The summed E-state index contributed by atoms with van der Waals surface area (Å²) in [5, 5.41) is -0.273. The first-order valence-electron chi connectivity index (χ1n) is 14.7. The van der Waals surface area contributed by atoms with Crippen molar-refractivity contribution >= 4 is 35.0 Å². The molecule has 0 spiro atoms. The predicted molar refractivity (Wildman–Crippen MR) is 166 cm³/mol. The van der Waals surface area contributed by atoms with Crippen molar-refractivity contribution in [2.24, 2.45) is 5.73 Å². The van der Waals surface area contributed by atoms with Crippen LogP contribution in [-0.2, 0) is 16.0 Å². The lowest BCUT2D eigenvalue weighted by Crippen LogP contribution is -2.42. The lowest BCUT2D eigenvalue weighted by Gasteiger charge is -2.38. The molecule has 1 saturated heterocycles. The number of hydrogen-bond acceptors (Lipinski definition) is 8. The Morgan fingerprint density at radius 2 is 1.74 bits per heavy atom. The molecule has 42 heavy (non-hydrogen) atoms. The van der Waals surface area contributed by atoms with Gasteiger partial charge in [-0.1, -0.05) is 31.4 Å². The number of unbranched alkanes of at least 4 members (excludes halogenated alkanes) is 4. The molecule has 9 heteroatoms. The van der Waals surface area contributed by atoms with E-state index >= 15 is 0 Å². The molecule has 0 bridgehead atoms. The van der Waals surface area contributed by atoms with E-state index in [9.17, 15) is 14.4 Å². The lowest BCUT2D eigenvalue weighted by molar-refractivity contribution is -0.121. The molecule has 2 aliphatic heterocycles. The lowest BCUT2D eigenvalue weighted by atomic mass is 9.85. The van der Waals surface area contributed by atoms with Crippen molar-refractivity contribution in [3.8, 4) is 11.5 Å². The molecule has 2 amide bonds. The van der Waals surface area contributed by atoms with E-state index in [1.54, 1.807) is 6.08 Å². The van der Waals surface area contributed by atoms with E-state index < -0.39 is 5.60 Å². The van der Waals surface area contributed by atoms with Crippen molar-refractivity contribution < 1.29 is 28.6 Å². The number of likely N-dealkylation sites (N-methyl/N-ethyl adjacent to an activating group) is 1. The number of imide groups is 1. The van der Waals surface area contributed by atoms with Crippen molar-refractivity contribution in [1.82, 2.24) is 4.90 Å². The highest BCUT2D eigenvalue weighted by atomic mass is 32.2. The van der Waals surface area contributed by atoms with Crippen LogP contribution in [0.15, 0.2) is 29.2 Å². The molecule has 1 unspecified atom stereocenters. The van der Waals surface area contributed by atoms with Gasteiger partial charge in [0.05, 0.1) is 17.1 Å². The normalized spacial score (nSPS) is 19.2. The van der Waals surface area contributed by atoms with Crippen LogP contribution in [0.3, 0.4) is 0 Å². The molecule has 226 valence electrons. The fourth-order valence-electron chi connectivity index (χ4n) is 5.33. The molecule has 1 fully saturated rings. The largest absolute Gasteiger partial charge is 0.489 e. The summed E-state index contributed by atoms with van der Waals surface area (Å²) in [6.07, 6.45) is 8.38. The second-order valence-electron chi connectivity index (χ2n) is 11.4. The molecular weight excluding hydrogens is 552 g/mol. The first-order chi connectivity index (χ1) is 20.0. The smallest absolute Gasteiger partial charge is 0.338 e. The molecule has 2 aromatic carbocycles. The second-order valence-corrected chi connectivity index (χ2v) is 12.4. The summed E-state index contributed by atoms with van der Waals surface area (Å²) in [4.78, 5) is 38.5. The summed E-state index contributed by atoms with van der Waals surface area (Å²) < 4.78 is 18.4. The summed E-state index contributed by atoms with van der Waals surface area (Å²) >= 11 is 0.938. The molecule has 0 saturated carbocycles. The minimum absolute atomic E-state index is 0.261. The third-order valence-corrected chi connectivity index (χ3v) is 9.09. The van der Waals surface area contributed by atoms with Crippen molar-refractivity contribution in [2.75, 3.05) is 26.8 Å². The first kappa shape index (κ1) is 31.6. The molecule has 0 aromatic heterocycles. The van der Waals surface area contributed by atoms with Crippen LogP contribution in [0.4, 0.5) is 4.79 Å². The van der Waals surface area contributed by atoms with Gasteiger partial charge in [0, 0.05) is 7.05 Å². The van der Waals surface area contributed by atoms with Crippen molar-refractivity contribution in [2.45, 2.75) is 78.2 Å². The average molecular weight is 595 g/mol. The number of esters is 1. The number of thioether (sulfide) groups is 1. The second kappa shape index (κ2) is 13.8. The summed E-state index contributed by atoms with van der Waals surface area (Å²) in [5.74, 6) is 0.970. The van der Waals surface area contributed by atoms with Gasteiger partial charge in [0.25, 0.3) is 11.1 Å². The quantitative estimate of drug-likeness (QED) is 0.168. The third-order valence-electron chi connectivity index (χ3n) is 8.13. The molecule has 2 aliphatic rings. The molecule has 2 heterocycles. The molecular formula is C33H42N2O6S. The first-order valence-corrected chi connectivity index (χ1v) is 15.5. The standard InChI is InChI=1S/C33H42N2O6S/c1-21-22(2)29-26(23(3)28(21)31(37)39-18-10-8-6-7-9-17-34)15-16-33(4,41-29)20-40-25-13-11-24(12-14-25)19-27-30(36)35(5)32(38)42-27/h11-14,19H,6-10,15-18,20,34H2,1-5H3/b27-19-. The SMILES string of the molecule is Cc1c(C)c(C(=O)OCCCCCCCN)c(C)c2c1OC(C)(COc1ccc(/C=C3\SC(=O)N(C)C3=O)cc1)CC2. The highest BCUT2D eigenvalue weighted by Crippen LogP contribution is 2.41. The number of amides is 2. The van der Waals surface area contributed by atoms with Crippen LogP contribution in [0.5, 0.6) is 11.5 Å². The maximum absolute atomic E-state index is 13.1. The van der Waals surface area contributed by atoms with E-state index in [1.807, 2.05) is 52.0 Å². The number of nitrogens with two attached hydrogens (primary N) is 1. The molecule has 1 atom stereocenters. The Labute approximate surface area is 252 Å². The van der Waals surface area contributed by atoms with E-state index in [1.165, 1.54) is 7.05 Å². The Bertz CT molecular complexity index is 1370. The fourth-order valence-corrected chi connectivity index (χ4v) is 6.15. The summed E-state index contributed by atoms with van der Waals surface area (Å²) in [6, 6.07) is 7.41. The van der Waals surface area contributed by atoms with Crippen molar-refractivity contribution in [3.05, 3.63) is 62.6 Å². The summed E-state index contributed by atoms with van der Waals surface area (Å²) in [7, 11) is 1.48. The predicted octanol–water partition coefficient (Wildman–Crippen LogP) is 6.51. The van der Waals surface area contributed by atoms with Crippen LogP contribution < -0.4 is 15.2 Å². The van der Waals surface area contributed by atoms with Crippen LogP contribution >= 0.6 is 11.8 Å². The maximum atomic E-state index is 13.1. The van der Waals surface area contributed by atoms with Gasteiger partial charge >= 0.3 is 5.97 Å². The Morgan fingerprint density at radius 3 is 2.40 bits per heavy atom. The number of nitrogens with zero attached hydrogens (tertiary/aromatic N) is 1. The molecule has 0 aliphatic carbocycles. The van der Waals surface area contributed by atoms with Crippen LogP contribution in [0.1, 0.15) is 83.6 Å². The number of benzene rings is 2. The Morgan fingerprint density at radius 1 is 1.05 bits per heavy atom. The third kappa shape index (κ3) is 7.18. The topological polar surface area (TPSA) is 108 Å². The van der Waals surface area contributed by atoms with Gasteiger partial charge in [-0.15, -0.1) is 0 Å². The van der Waals surface area contributed by atoms with Gasteiger partial charge in [0.15, 0.2) is 0 Å². The highest BCUT2D eigenvalue weighted by molar-refractivity contribution is 8.18. The molecule has 4 rings (SSSR count). The molecule has 2 aromatic rings. The van der Waals surface area contributed by atoms with Gasteiger partial charge in [-0.25, -0.2) is 4.79 Å². The molecule has 0 radical (unpaired) electrons. The van der Waals surface area contributed by atoms with Gasteiger partial charge in [-0.2, -0.15) is 0 Å². The number of rotatable bonds is 12. The average Bonchev–Trinajstić information content (AvgIpc) is 3.21. The summed E-state index contributed by atoms with van der Waals surface area (Å²) in [6.45, 7) is 9.50. The Balaban J connectivity index is 1.37. The number of carbonyl (C=O) groups excluding carboxylic acids is 3. The Hall–Kier alpha value is -3.30. The Kier molecular flexibility index (Phi) is 10.4. The zero-order chi connectivity index (χ0) is 30.4. The van der Waals surface area contributed by atoms with Crippen LogP contribution in [0, 0.1) is 20.8 Å². The van der Waals surface area contributed by atoms with Gasteiger partial charge in [0.1, 0.15) is 23.7 Å². The van der Waals surface area contributed by atoms with Crippen molar-refractivity contribution in [3.63, 3.8) is 0 Å². The zero-order valence-corrected chi connectivity index (χ0v) is 26.2. The number of hydrogen-bond donors (Lipinski definition) is 1. The monoisotopic (exact) mass is 594 g/mol. The van der Waals surface area contributed by atoms with E-state index in [2.05, 4.69) is 0 Å². The fraction of sp³-hybridized carbons (Fsp3) is 0.485. The van der Waals surface area contributed by atoms with E-state index in [0.717, 1.165) is 102 Å². The van der Waals surface area contributed by atoms with Crippen LogP contribution in [0.2, 0.25) is 0 Å². The van der Waals surface area contributed by atoms with Crippen LogP contribution in [-0.4, -0.2) is 54.4 Å². The number of ether oxygens (including phenoxy) is 3. The minimum Gasteiger partial charge on any atom is -0.489 e. The van der Waals surface area contributed by atoms with Gasteiger partial charge in [-0.05, 0) is 118 Å². The molecule has 2 N–H and O–H groups in total. The maximum Gasteiger partial charge on any atom is 0.338 e. The van der Waals surface area contributed by atoms with Gasteiger partial charge < -0.3 is 19.9 Å². The van der Waals surface area contributed by atoms with E-state index in [-0.39, 0.29) is 17.1 Å². The number of carbonyl (C=O) groups is 3. The molecule has 8 nitrogen and oxygen atoms in total. The zero-order valence-electron chi connectivity index (χ0n) is 25.3. The summed E-state index contributed by atoms with van der Waals surface area (Å²) in [5.41, 5.74) is 10.3. The number of fused-ring (bicyclic) bond motifs is 1. The van der Waals surface area contributed by atoms with Gasteiger partial charge in [0.2, 0.25) is 0 Å². The van der Waals surface area contributed by atoms with E-state index in [0.29, 0.717) is 29.4 Å². The van der Waals surface area contributed by atoms with Gasteiger partial charge in [-0.3, -0.25) is 14.5 Å².